The Morgan fingerprint density at radius 3 is 2.79 bits per heavy atom. The van der Waals surface area contributed by atoms with E-state index in [1.807, 2.05) is 25.3 Å². The Kier molecular flexibility index (Phi) is 5.25. The lowest BCUT2D eigenvalue weighted by Gasteiger charge is -2.21. The average Bonchev–Trinajstić information content (AvgIpc) is 3.27. The molecule has 0 spiro atoms. The predicted octanol–water partition coefficient (Wildman–Crippen LogP) is 3.71. The molecule has 1 atom stereocenters. The van der Waals surface area contributed by atoms with Crippen molar-refractivity contribution < 1.29 is 18.7 Å². The third-order valence-corrected chi connectivity index (χ3v) is 5.39. The molecule has 1 fully saturated rings. The topological polar surface area (TPSA) is 65.4 Å². The standard InChI is InChI=1S/C20H20FN3O3S/c1-12-9-16(13(2)24(12)15-5-3-14(21)4-6-15)17-11-28-20(22-17)23-19(25)18-10-26-7-8-27-18/h3-6,9,11,18H,7-8,10H2,1-2H3,(H,22,23,25)/t18-/m0/s1. The first kappa shape index (κ1) is 18.8. The molecule has 0 bridgehead atoms. The summed E-state index contributed by atoms with van der Waals surface area (Å²) >= 11 is 1.36. The second-order valence-corrected chi connectivity index (χ2v) is 7.42. The summed E-state index contributed by atoms with van der Waals surface area (Å²) in [5.74, 6) is -0.518. The van der Waals surface area contributed by atoms with Gasteiger partial charge in [0.1, 0.15) is 5.82 Å². The molecule has 1 aliphatic rings. The second kappa shape index (κ2) is 7.83. The number of aryl methyl sites for hydroxylation is 1. The van der Waals surface area contributed by atoms with E-state index < -0.39 is 6.10 Å². The van der Waals surface area contributed by atoms with Gasteiger partial charge in [0, 0.05) is 28.0 Å². The van der Waals surface area contributed by atoms with E-state index in [4.69, 9.17) is 9.47 Å². The first-order valence-electron chi connectivity index (χ1n) is 8.94. The van der Waals surface area contributed by atoms with Gasteiger partial charge in [-0.3, -0.25) is 10.1 Å². The lowest BCUT2D eigenvalue weighted by Crippen LogP contribution is -2.39. The molecule has 0 aliphatic carbocycles. The maximum atomic E-state index is 13.2. The molecule has 6 nitrogen and oxygen atoms in total. The van der Waals surface area contributed by atoms with E-state index >= 15 is 0 Å². The van der Waals surface area contributed by atoms with Gasteiger partial charge in [-0.25, -0.2) is 9.37 Å². The fourth-order valence-corrected chi connectivity index (χ4v) is 4.00. The van der Waals surface area contributed by atoms with Gasteiger partial charge in [0.15, 0.2) is 11.2 Å². The molecule has 0 unspecified atom stereocenters. The van der Waals surface area contributed by atoms with Crippen molar-refractivity contribution in [2.75, 3.05) is 25.1 Å². The number of hydrogen-bond donors (Lipinski definition) is 1. The zero-order chi connectivity index (χ0) is 19.7. The highest BCUT2D eigenvalue weighted by Crippen LogP contribution is 2.31. The lowest BCUT2D eigenvalue weighted by molar-refractivity contribution is -0.142. The molecule has 8 heteroatoms. The third-order valence-electron chi connectivity index (χ3n) is 4.63. The number of hydrogen-bond acceptors (Lipinski definition) is 5. The molecule has 1 N–H and O–H groups in total. The number of nitrogens with zero attached hydrogens (tertiary/aromatic N) is 2. The normalized spacial score (nSPS) is 16.9. The number of carbonyl (C=O) groups is 1. The van der Waals surface area contributed by atoms with Crippen LogP contribution in [-0.4, -0.2) is 41.4 Å². The third kappa shape index (κ3) is 3.71. The van der Waals surface area contributed by atoms with E-state index in [2.05, 4.69) is 14.9 Å². The maximum Gasteiger partial charge on any atom is 0.257 e. The second-order valence-electron chi connectivity index (χ2n) is 6.56. The van der Waals surface area contributed by atoms with Crippen LogP contribution in [0.25, 0.3) is 16.9 Å². The van der Waals surface area contributed by atoms with Crippen LogP contribution < -0.4 is 5.32 Å². The van der Waals surface area contributed by atoms with Gasteiger partial charge in [0.2, 0.25) is 0 Å². The highest BCUT2D eigenvalue weighted by molar-refractivity contribution is 7.14. The van der Waals surface area contributed by atoms with E-state index in [9.17, 15) is 9.18 Å². The summed E-state index contributed by atoms with van der Waals surface area (Å²) in [5.41, 5.74) is 4.65. The molecule has 1 saturated heterocycles. The minimum Gasteiger partial charge on any atom is -0.376 e. The summed E-state index contributed by atoms with van der Waals surface area (Å²) < 4.78 is 26.0. The van der Waals surface area contributed by atoms with E-state index in [0.29, 0.717) is 18.3 Å². The maximum absolute atomic E-state index is 13.2. The molecule has 4 rings (SSSR count). The van der Waals surface area contributed by atoms with Crippen molar-refractivity contribution >= 4 is 22.4 Å². The average molecular weight is 401 g/mol. The van der Waals surface area contributed by atoms with Crippen LogP contribution in [0.1, 0.15) is 11.4 Å². The Bertz CT molecular complexity index is 991. The van der Waals surface area contributed by atoms with Crippen LogP contribution in [0.5, 0.6) is 0 Å². The van der Waals surface area contributed by atoms with Crippen LogP contribution in [0.3, 0.4) is 0 Å². The monoisotopic (exact) mass is 401 g/mol. The molecule has 146 valence electrons. The molecule has 3 heterocycles. The minimum absolute atomic E-state index is 0.252. The number of rotatable bonds is 4. The van der Waals surface area contributed by atoms with Gasteiger partial charge < -0.3 is 14.0 Å². The van der Waals surface area contributed by atoms with Crippen molar-refractivity contribution in [3.8, 4) is 16.9 Å². The van der Waals surface area contributed by atoms with Crippen LogP contribution in [-0.2, 0) is 14.3 Å². The molecule has 1 aromatic carbocycles. The Morgan fingerprint density at radius 2 is 2.07 bits per heavy atom. The van der Waals surface area contributed by atoms with Gasteiger partial charge in [-0.05, 0) is 44.2 Å². The van der Waals surface area contributed by atoms with Crippen molar-refractivity contribution in [3.63, 3.8) is 0 Å². The molecule has 0 saturated carbocycles. The number of anilines is 1. The number of benzene rings is 1. The Hall–Kier alpha value is -2.55. The Balaban J connectivity index is 1.56. The van der Waals surface area contributed by atoms with Gasteiger partial charge in [-0.15, -0.1) is 11.3 Å². The first-order valence-corrected chi connectivity index (χ1v) is 9.82. The summed E-state index contributed by atoms with van der Waals surface area (Å²) in [4.78, 5) is 16.8. The van der Waals surface area contributed by atoms with Crippen LogP contribution in [0.4, 0.5) is 9.52 Å². The zero-order valence-corrected chi connectivity index (χ0v) is 16.4. The van der Waals surface area contributed by atoms with Gasteiger partial charge in [0.25, 0.3) is 5.91 Å². The van der Waals surface area contributed by atoms with E-state index in [0.717, 1.165) is 28.3 Å². The predicted molar refractivity (Wildman–Crippen MR) is 105 cm³/mol. The summed E-state index contributed by atoms with van der Waals surface area (Å²) in [7, 11) is 0. The van der Waals surface area contributed by atoms with Crippen molar-refractivity contribution in [1.29, 1.82) is 0 Å². The SMILES string of the molecule is Cc1cc(-c2csc(NC(=O)[C@@H]3COCCO3)n2)c(C)n1-c1ccc(F)cc1. The molecular formula is C20H20FN3O3S. The number of ether oxygens (including phenoxy) is 2. The number of halogens is 1. The van der Waals surface area contributed by atoms with Gasteiger partial charge in [-0.1, -0.05) is 0 Å². The molecule has 1 aliphatic heterocycles. The summed E-state index contributed by atoms with van der Waals surface area (Å²) in [6, 6.07) is 8.43. The molecule has 0 radical (unpaired) electrons. The lowest BCUT2D eigenvalue weighted by atomic mass is 10.2. The van der Waals surface area contributed by atoms with Crippen LogP contribution >= 0.6 is 11.3 Å². The van der Waals surface area contributed by atoms with Crippen molar-refractivity contribution in [2.24, 2.45) is 0 Å². The number of nitrogens with one attached hydrogen (secondary N) is 1. The molecule has 3 aromatic rings. The quantitative estimate of drug-likeness (QED) is 0.724. The van der Waals surface area contributed by atoms with Gasteiger partial charge in [0.05, 0.1) is 25.5 Å². The highest BCUT2D eigenvalue weighted by atomic mass is 32.1. The number of thiazole rings is 1. The zero-order valence-electron chi connectivity index (χ0n) is 15.6. The molecule has 1 amide bonds. The summed E-state index contributed by atoms with van der Waals surface area (Å²) in [6.45, 7) is 5.17. The van der Waals surface area contributed by atoms with E-state index in [1.54, 1.807) is 12.1 Å². The number of aromatic nitrogens is 2. The van der Waals surface area contributed by atoms with Crippen molar-refractivity contribution in [3.05, 3.63) is 52.9 Å². The number of carbonyl (C=O) groups excluding carboxylic acids is 1. The smallest absolute Gasteiger partial charge is 0.257 e. The van der Waals surface area contributed by atoms with E-state index in [1.165, 1.54) is 23.5 Å². The Labute approximate surface area is 165 Å². The largest absolute Gasteiger partial charge is 0.376 e. The first-order chi connectivity index (χ1) is 13.5. The fraction of sp³-hybridized carbons (Fsp3) is 0.300. The van der Waals surface area contributed by atoms with Crippen molar-refractivity contribution in [1.82, 2.24) is 9.55 Å². The molecule has 28 heavy (non-hydrogen) atoms. The van der Waals surface area contributed by atoms with Crippen LogP contribution in [0.2, 0.25) is 0 Å². The van der Waals surface area contributed by atoms with Gasteiger partial charge >= 0.3 is 0 Å². The van der Waals surface area contributed by atoms with Crippen molar-refractivity contribution in [2.45, 2.75) is 20.0 Å². The fourth-order valence-electron chi connectivity index (χ4n) is 3.29. The highest BCUT2D eigenvalue weighted by Gasteiger charge is 2.24. The van der Waals surface area contributed by atoms with Crippen LogP contribution in [0, 0.1) is 19.7 Å². The summed E-state index contributed by atoms with van der Waals surface area (Å²) in [6.07, 6.45) is -0.607. The van der Waals surface area contributed by atoms with E-state index in [-0.39, 0.29) is 18.3 Å². The van der Waals surface area contributed by atoms with Gasteiger partial charge in [-0.2, -0.15) is 0 Å². The molecule has 2 aromatic heterocycles. The summed E-state index contributed by atoms with van der Waals surface area (Å²) in [5, 5.41) is 5.22. The van der Waals surface area contributed by atoms with Crippen LogP contribution in [0.15, 0.2) is 35.7 Å². The molecular weight excluding hydrogens is 381 g/mol. The Morgan fingerprint density at radius 1 is 1.29 bits per heavy atom. The number of amides is 1. The minimum atomic E-state index is -0.607.